The highest BCUT2D eigenvalue weighted by molar-refractivity contribution is 6.10. The molecule has 21 heavy (non-hydrogen) atoms. The van der Waals surface area contributed by atoms with Gasteiger partial charge in [0, 0.05) is 11.1 Å². The van der Waals surface area contributed by atoms with E-state index in [2.05, 4.69) is 0 Å². The number of hydrogen-bond acceptors (Lipinski definition) is 2. The van der Waals surface area contributed by atoms with Crippen LogP contribution in [0.1, 0.15) is 45.8 Å². The smallest absolute Gasteiger partial charge is 0.224 e. The summed E-state index contributed by atoms with van der Waals surface area (Å²) in [5.41, 5.74) is 8.78. The lowest BCUT2D eigenvalue weighted by atomic mass is 9.79. The molecule has 2 aromatic rings. The molecule has 0 saturated carbocycles. The van der Waals surface area contributed by atoms with Crippen molar-refractivity contribution in [3.8, 4) is 0 Å². The Morgan fingerprint density at radius 3 is 2.48 bits per heavy atom. The molecule has 1 atom stereocenters. The number of rotatable bonds is 3. The molecule has 3 nitrogen and oxygen atoms in total. The Hall–Kier alpha value is -2.42. The molecule has 2 N–H and O–H groups in total. The van der Waals surface area contributed by atoms with Gasteiger partial charge in [-0.1, -0.05) is 48.5 Å². The van der Waals surface area contributed by atoms with E-state index in [1.165, 1.54) is 0 Å². The van der Waals surface area contributed by atoms with Crippen LogP contribution >= 0.6 is 0 Å². The van der Waals surface area contributed by atoms with Gasteiger partial charge >= 0.3 is 0 Å². The summed E-state index contributed by atoms with van der Waals surface area (Å²) in [5.74, 6) is -0.560. The Morgan fingerprint density at radius 2 is 1.76 bits per heavy atom. The van der Waals surface area contributed by atoms with Gasteiger partial charge in [0.2, 0.25) is 5.91 Å². The van der Waals surface area contributed by atoms with Crippen molar-refractivity contribution in [3.63, 3.8) is 0 Å². The molecule has 2 aromatic carbocycles. The molecule has 0 heterocycles. The van der Waals surface area contributed by atoms with Crippen LogP contribution in [0, 0.1) is 0 Å². The van der Waals surface area contributed by atoms with Gasteiger partial charge in [-0.2, -0.15) is 0 Å². The molecule has 1 aliphatic rings. The first-order valence-electron chi connectivity index (χ1n) is 7.19. The van der Waals surface area contributed by atoms with Crippen molar-refractivity contribution in [2.45, 2.75) is 25.2 Å². The number of benzene rings is 2. The summed E-state index contributed by atoms with van der Waals surface area (Å²) in [7, 11) is 0. The highest BCUT2D eigenvalue weighted by Gasteiger charge is 2.27. The Labute approximate surface area is 123 Å². The summed E-state index contributed by atoms with van der Waals surface area (Å²) in [6.45, 7) is 0. The summed E-state index contributed by atoms with van der Waals surface area (Å²) in [6.07, 6.45) is 2.48. The molecule has 0 bridgehead atoms. The fourth-order valence-electron chi connectivity index (χ4n) is 3.10. The molecule has 3 heteroatoms. The first-order chi connectivity index (χ1) is 10.2. The predicted molar refractivity (Wildman–Crippen MR) is 81.2 cm³/mol. The number of carbonyl (C=O) groups is 2. The maximum atomic E-state index is 12.7. The van der Waals surface area contributed by atoms with Crippen molar-refractivity contribution in [3.05, 3.63) is 70.8 Å². The van der Waals surface area contributed by atoms with Gasteiger partial charge in [0.1, 0.15) is 0 Å². The van der Waals surface area contributed by atoms with E-state index in [-0.39, 0.29) is 17.6 Å². The fourth-order valence-corrected chi connectivity index (χ4v) is 3.10. The van der Waals surface area contributed by atoms with Crippen LogP contribution in [0.25, 0.3) is 0 Å². The minimum Gasteiger partial charge on any atom is -0.369 e. The van der Waals surface area contributed by atoms with Crippen LogP contribution in [0.3, 0.4) is 0 Å². The predicted octanol–water partition coefficient (Wildman–Crippen LogP) is 2.82. The van der Waals surface area contributed by atoms with Crippen molar-refractivity contribution < 1.29 is 9.59 Å². The normalized spacial score (nSPS) is 17.0. The Balaban J connectivity index is 2.07. The van der Waals surface area contributed by atoms with E-state index >= 15 is 0 Å². The maximum absolute atomic E-state index is 12.7. The first-order valence-corrected chi connectivity index (χ1v) is 7.19. The maximum Gasteiger partial charge on any atom is 0.224 e. The van der Waals surface area contributed by atoms with Crippen LogP contribution in [0.4, 0.5) is 0 Å². The van der Waals surface area contributed by atoms with E-state index < -0.39 is 0 Å². The minimum absolute atomic E-state index is 0.0116. The van der Waals surface area contributed by atoms with Crippen molar-refractivity contribution in [2.24, 2.45) is 5.73 Å². The topological polar surface area (TPSA) is 60.2 Å². The zero-order chi connectivity index (χ0) is 14.8. The molecule has 0 spiro atoms. The zero-order valence-corrected chi connectivity index (χ0v) is 11.7. The standard InChI is InChI=1S/C18H17NO2/c19-18(21)16-11-5-8-13-14(16)9-4-10-15(13)17(20)12-6-2-1-3-7-12/h1-4,6-7,9-10,16H,5,8,11H2,(H2,19,21). The van der Waals surface area contributed by atoms with Gasteiger partial charge in [-0.15, -0.1) is 0 Å². The van der Waals surface area contributed by atoms with Crippen LogP contribution in [0.2, 0.25) is 0 Å². The second-order valence-corrected chi connectivity index (χ2v) is 5.42. The van der Waals surface area contributed by atoms with Gasteiger partial charge in [-0.05, 0) is 30.4 Å². The third-order valence-electron chi connectivity index (χ3n) is 4.13. The monoisotopic (exact) mass is 279 g/mol. The molecule has 1 unspecified atom stereocenters. The van der Waals surface area contributed by atoms with E-state index in [1.807, 2.05) is 48.5 Å². The van der Waals surface area contributed by atoms with E-state index in [4.69, 9.17) is 5.73 Å². The lowest BCUT2D eigenvalue weighted by Gasteiger charge is -2.25. The molecular weight excluding hydrogens is 262 g/mol. The molecule has 106 valence electrons. The molecule has 0 saturated heterocycles. The van der Waals surface area contributed by atoms with Crippen molar-refractivity contribution in [1.29, 1.82) is 0 Å². The van der Waals surface area contributed by atoms with E-state index in [1.54, 1.807) is 0 Å². The number of nitrogens with two attached hydrogens (primary N) is 1. The Kier molecular flexibility index (Phi) is 3.57. The average Bonchev–Trinajstić information content (AvgIpc) is 2.53. The van der Waals surface area contributed by atoms with Crippen molar-refractivity contribution in [1.82, 2.24) is 0 Å². The van der Waals surface area contributed by atoms with Crippen molar-refractivity contribution >= 4 is 11.7 Å². The third-order valence-corrected chi connectivity index (χ3v) is 4.13. The third kappa shape index (κ3) is 2.47. The highest BCUT2D eigenvalue weighted by Crippen LogP contribution is 2.34. The van der Waals surface area contributed by atoms with Gasteiger partial charge in [-0.3, -0.25) is 9.59 Å². The summed E-state index contributed by atoms with van der Waals surface area (Å²) in [4.78, 5) is 24.3. The molecule has 0 aliphatic heterocycles. The summed E-state index contributed by atoms with van der Waals surface area (Å²) in [5, 5.41) is 0. The van der Waals surface area contributed by atoms with Crippen LogP contribution in [0.5, 0.6) is 0 Å². The number of hydrogen-bond donors (Lipinski definition) is 1. The van der Waals surface area contributed by atoms with Gasteiger partial charge < -0.3 is 5.73 Å². The van der Waals surface area contributed by atoms with Gasteiger partial charge in [0.05, 0.1) is 5.92 Å². The Bertz CT molecular complexity index is 692. The highest BCUT2D eigenvalue weighted by atomic mass is 16.1. The molecular formula is C18H17NO2. The van der Waals surface area contributed by atoms with Crippen LogP contribution < -0.4 is 5.73 Å². The van der Waals surface area contributed by atoms with Gasteiger partial charge in [0.25, 0.3) is 0 Å². The van der Waals surface area contributed by atoms with Crippen LogP contribution in [0.15, 0.2) is 48.5 Å². The molecule has 0 radical (unpaired) electrons. The fraction of sp³-hybridized carbons (Fsp3) is 0.222. The second kappa shape index (κ2) is 5.52. The van der Waals surface area contributed by atoms with Crippen LogP contribution in [-0.2, 0) is 11.2 Å². The number of ketones is 1. The second-order valence-electron chi connectivity index (χ2n) is 5.42. The van der Waals surface area contributed by atoms with E-state index in [0.29, 0.717) is 11.1 Å². The molecule has 0 aromatic heterocycles. The van der Waals surface area contributed by atoms with Gasteiger partial charge in [-0.25, -0.2) is 0 Å². The van der Waals surface area contributed by atoms with Gasteiger partial charge in [0.15, 0.2) is 5.78 Å². The van der Waals surface area contributed by atoms with Crippen molar-refractivity contribution in [2.75, 3.05) is 0 Å². The average molecular weight is 279 g/mol. The number of fused-ring (bicyclic) bond motifs is 1. The lowest BCUT2D eigenvalue weighted by Crippen LogP contribution is -2.26. The van der Waals surface area contributed by atoms with E-state index in [0.717, 1.165) is 30.4 Å². The number of amides is 1. The number of carbonyl (C=O) groups excluding carboxylic acids is 2. The molecule has 0 fully saturated rings. The van der Waals surface area contributed by atoms with Crippen LogP contribution in [-0.4, -0.2) is 11.7 Å². The minimum atomic E-state index is -0.305. The number of primary amides is 1. The largest absolute Gasteiger partial charge is 0.369 e. The first kappa shape index (κ1) is 13.6. The summed E-state index contributed by atoms with van der Waals surface area (Å²) in [6, 6.07) is 14.8. The molecule has 1 aliphatic carbocycles. The zero-order valence-electron chi connectivity index (χ0n) is 11.7. The molecule has 1 amide bonds. The lowest BCUT2D eigenvalue weighted by molar-refractivity contribution is -0.119. The Morgan fingerprint density at radius 1 is 1.00 bits per heavy atom. The summed E-state index contributed by atoms with van der Waals surface area (Å²) < 4.78 is 0. The quantitative estimate of drug-likeness (QED) is 0.878. The summed E-state index contributed by atoms with van der Waals surface area (Å²) >= 11 is 0. The van der Waals surface area contributed by atoms with E-state index in [9.17, 15) is 9.59 Å². The SMILES string of the molecule is NC(=O)C1CCCc2c(C(=O)c3ccccc3)cccc21. The molecule has 3 rings (SSSR count).